The van der Waals surface area contributed by atoms with Crippen LogP contribution in [0.15, 0.2) is 0 Å². The lowest BCUT2D eigenvalue weighted by Crippen LogP contribution is -1.82. The third-order valence-electron chi connectivity index (χ3n) is 1.30. The second-order valence-electron chi connectivity index (χ2n) is 1.90. The Hall–Kier alpha value is -0.550. The quantitative estimate of drug-likeness (QED) is 0.470. The van der Waals surface area contributed by atoms with Crippen molar-refractivity contribution < 1.29 is 5.11 Å². The number of hydrogen-bond acceptors (Lipinski definition) is 1. The highest BCUT2D eigenvalue weighted by molar-refractivity contribution is 5.00. The van der Waals surface area contributed by atoms with E-state index in [0.29, 0.717) is 0 Å². The zero-order valence-electron chi connectivity index (χ0n) is 3.92. The molecular formula is C5H6NO. The first kappa shape index (κ1) is 4.61. The van der Waals surface area contributed by atoms with Crippen molar-refractivity contribution in [1.29, 1.82) is 5.26 Å². The number of hydrogen-bond donors (Lipinski definition) is 0. The van der Waals surface area contributed by atoms with E-state index >= 15 is 0 Å². The molecule has 1 aliphatic rings. The molecule has 2 heteroatoms. The summed E-state index contributed by atoms with van der Waals surface area (Å²) in [6.07, 6.45) is 0.847. The molecule has 0 aromatic heterocycles. The zero-order chi connectivity index (χ0) is 5.28. The maximum absolute atomic E-state index is 9.91. The van der Waals surface area contributed by atoms with Crippen molar-refractivity contribution in [2.75, 3.05) is 6.61 Å². The van der Waals surface area contributed by atoms with Gasteiger partial charge in [-0.3, -0.25) is 0 Å². The van der Waals surface area contributed by atoms with Crippen molar-refractivity contribution in [2.24, 2.45) is 11.8 Å². The van der Waals surface area contributed by atoms with Gasteiger partial charge in [0, 0.05) is 5.92 Å². The van der Waals surface area contributed by atoms with Crippen molar-refractivity contribution in [3.8, 4) is 6.07 Å². The Morgan fingerprint density at radius 3 is 2.71 bits per heavy atom. The first-order chi connectivity index (χ1) is 3.38. The van der Waals surface area contributed by atoms with Crippen LogP contribution in [0.1, 0.15) is 6.42 Å². The lowest BCUT2D eigenvalue weighted by atomic mass is 10.4. The Kier molecular flexibility index (Phi) is 0.994. The van der Waals surface area contributed by atoms with E-state index in [-0.39, 0.29) is 18.4 Å². The molecule has 1 fully saturated rings. The molecule has 0 heterocycles. The van der Waals surface area contributed by atoms with Crippen molar-refractivity contribution in [3.63, 3.8) is 0 Å². The summed E-state index contributed by atoms with van der Waals surface area (Å²) in [5, 5.41) is 18.0. The van der Waals surface area contributed by atoms with Crippen LogP contribution in [0, 0.1) is 23.2 Å². The molecule has 37 valence electrons. The first-order valence-electron chi connectivity index (χ1n) is 2.36. The van der Waals surface area contributed by atoms with E-state index in [0.717, 1.165) is 6.42 Å². The van der Waals surface area contributed by atoms with Gasteiger partial charge in [-0.1, -0.05) is 0 Å². The maximum Gasteiger partial charge on any atom is 0.0863 e. The topological polar surface area (TPSA) is 43.7 Å². The van der Waals surface area contributed by atoms with Crippen LogP contribution in [0.3, 0.4) is 0 Å². The van der Waals surface area contributed by atoms with Crippen LogP contribution in [-0.4, -0.2) is 6.61 Å². The summed E-state index contributed by atoms with van der Waals surface area (Å²) in [7, 11) is 0. The smallest absolute Gasteiger partial charge is 0.0863 e. The number of rotatable bonds is 1. The van der Waals surface area contributed by atoms with Gasteiger partial charge in [-0.05, 0) is 6.42 Å². The minimum absolute atomic E-state index is 0.0573. The Morgan fingerprint density at radius 2 is 2.57 bits per heavy atom. The molecule has 0 aliphatic heterocycles. The lowest BCUT2D eigenvalue weighted by Gasteiger charge is -1.74. The molecule has 1 rings (SSSR count). The fourth-order valence-electron chi connectivity index (χ4n) is 0.590. The van der Waals surface area contributed by atoms with E-state index in [2.05, 4.69) is 0 Å². The lowest BCUT2D eigenvalue weighted by molar-refractivity contribution is 0.176. The van der Waals surface area contributed by atoms with Gasteiger partial charge in [0.2, 0.25) is 0 Å². The zero-order valence-corrected chi connectivity index (χ0v) is 3.92. The van der Waals surface area contributed by atoms with Gasteiger partial charge in [-0.2, -0.15) is 5.26 Å². The predicted octanol–water partition coefficient (Wildman–Crippen LogP) is 0.577. The largest absolute Gasteiger partial charge is 0.236 e. The Balaban J connectivity index is 2.21. The van der Waals surface area contributed by atoms with E-state index in [1.165, 1.54) is 0 Å². The number of nitriles is 1. The van der Waals surface area contributed by atoms with Crippen LogP contribution in [0.25, 0.3) is 0 Å². The molecule has 0 aromatic rings. The first-order valence-corrected chi connectivity index (χ1v) is 2.36. The Bertz CT molecular complexity index is 105. The molecule has 0 aromatic carbocycles. The second-order valence-corrected chi connectivity index (χ2v) is 1.90. The summed E-state index contributed by atoms with van der Waals surface area (Å²) in [5.74, 6) is 0.308. The van der Waals surface area contributed by atoms with Crippen LogP contribution in [0.2, 0.25) is 0 Å². The van der Waals surface area contributed by atoms with Gasteiger partial charge in [-0.15, -0.1) is 0 Å². The van der Waals surface area contributed by atoms with E-state index < -0.39 is 0 Å². The van der Waals surface area contributed by atoms with Crippen LogP contribution in [0.5, 0.6) is 0 Å². The van der Waals surface area contributed by atoms with Gasteiger partial charge in [0.25, 0.3) is 0 Å². The highest BCUT2D eigenvalue weighted by Gasteiger charge is 2.36. The standard InChI is InChI=1S/C5H6NO/c6-2-4-1-5(4)3-7/h4-5H,1,3H2. The van der Waals surface area contributed by atoms with E-state index in [9.17, 15) is 5.11 Å². The fourth-order valence-corrected chi connectivity index (χ4v) is 0.590. The number of nitrogens with zero attached hydrogens (tertiary/aromatic N) is 1. The van der Waals surface area contributed by atoms with Gasteiger partial charge in [0.05, 0.1) is 18.6 Å². The summed E-state index contributed by atoms with van der Waals surface area (Å²) in [4.78, 5) is 0. The molecular weight excluding hydrogens is 90.1 g/mol. The fraction of sp³-hybridized carbons (Fsp3) is 0.800. The van der Waals surface area contributed by atoms with Gasteiger partial charge in [0.15, 0.2) is 0 Å². The molecule has 0 N–H and O–H groups in total. The molecule has 1 aliphatic carbocycles. The monoisotopic (exact) mass is 96.0 g/mol. The molecule has 2 atom stereocenters. The third-order valence-corrected chi connectivity index (χ3v) is 1.30. The average molecular weight is 96.1 g/mol. The molecule has 1 saturated carbocycles. The molecule has 2 nitrogen and oxygen atoms in total. The SMILES string of the molecule is N#CC1CC1C[O]. The average Bonchev–Trinajstić information content (AvgIpc) is 2.43. The molecule has 7 heavy (non-hydrogen) atoms. The molecule has 0 bridgehead atoms. The highest BCUT2D eigenvalue weighted by atomic mass is 16.3. The van der Waals surface area contributed by atoms with E-state index in [4.69, 9.17) is 5.26 Å². The van der Waals surface area contributed by atoms with Crippen LogP contribution in [0.4, 0.5) is 0 Å². The van der Waals surface area contributed by atoms with E-state index in [1.807, 2.05) is 6.07 Å². The molecule has 2 unspecified atom stereocenters. The van der Waals surface area contributed by atoms with Crippen LogP contribution in [-0.2, 0) is 5.11 Å². The van der Waals surface area contributed by atoms with Crippen LogP contribution < -0.4 is 0 Å². The summed E-state index contributed by atoms with van der Waals surface area (Å²) in [6, 6.07) is 2.04. The van der Waals surface area contributed by atoms with E-state index in [1.54, 1.807) is 0 Å². The van der Waals surface area contributed by atoms with Crippen molar-refractivity contribution >= 4 is 0 Å². The van der Waals surface area contributed by atoms with Gasteiger partial charge in [0.1, 0.15) is 0 Å². The highest BCUT2D eigenvalue weighted by Crippen LogP contribution is 2.36. The van der Waals surface area contributed by atoms with Gasteiger partial charge < -0.3 is 0 Å². The summed E-state index contributed by atoms with van der Waals surface area (Å²) < 4.78 is 0. The van der Waals surface area contributed by atoms with Gasteiger partial charge >= 0.3 is 0 Å². The molecule has 0 amide bonds. The minimum Gasteiger partial charge on any atom is -0.236 e. The van der Waals surface area contributed by atoms with Gasteiger partial charge in [-0.25, -0.2) is 5.11 Å². The van der Waals surface area contributed by atoms with Crippen molar-refractivity contribution in [3.05, 3.63) is 0 Å². The van der Waals surface area contributed by atoms with Crippen LogP contribution >= 0.6 is 0 Å². The predicted molar refractivity (Wildman–Crippen MR) is 22.8 cm³/mol. The summed E-state index contributed by atoms with van der Waals surface area (Å²) in [6.45, 7) is -0.0573. The third kappa shape index (κ3) is 0.726. The minimum atomic E-state index is -0.0573. The normalized spacial score (nSPS) is 37.1. The summed E-state index contributed by atoms with van der Waals surface area (Å²) >= 11 is 0. The Labute approximate surface area is 42.4 Å². The molecule has 0 saturated heterocycles. The molecule has 0 spiro atoms. The second kappa shape index (κ2) is 1.51. The Morgan fingerprint density at radius 1 is 1.86 bits per heavy atom. The van der Waals surface area contributed by atoms with Crippen molar-refractivity contribution in [1.82, 2.24) is 0 Å². The summed E-state index contributed by atoms with van der Waals surface area (Å²) in [5.41, 5.74) is 0. The molecule has 1 radical (unpaired) electrons. The van der Waals surface area contributed by atoms with Crippen molar-refractivity contribution in [2.45, 2.75) is 6.42 Å². The maximum atomic E-state index is 9.91.